The van der Waals surface area contributed by atoms with Crippen molar-refractivity contribution in [3.05, 3.63) is 183 Å². The number of fused-ring (bicyclic) bond motifs is 3. The van der Waals surface area contributed by atoms with Crippen molar-refractivity contribution in [2.75, 3.05) is 0 Å². The van der Waals surface area contributed by atoms with Crippen molar-refractivity contribution < 1.29 is 0 Å². The summed E-state index contributed by atoms with van der Waals surface area (Å²) in [5, 5.41) is 2.17. The minimum atomic E-state index is 0.915. The second-order valence-electron chi connectivity index (χ2n) is 12.4. The Bertz CT molecular complexity index is 2540. The van der Waals surface area contributed by atoms with Gasteiger partial charge in [-0.1, -0.05) is 109 Å². The normalized spacial score (nSPS) is 11.2. The summed E-state index contributed by atoms with van der Waals surface area (Å²) in [6, 6.07) is 53.5. The van der Waals surface area contributed by atoms with Gasteiger partial charge in [-0.25, -0.2) is 4.98 Å². The molecule has 0 fully saturated rings. The van der Waals surface area contributed by atoms with Crippen molar-refractivity contribution in [3.8, 4) is 66.9 Å². The molecule has 0 saturated carbocycles. The van der Waals surface area contributed by atoms with Crippen LogP contribution in [0.5, 0.6) is 0 Å². The van der Waals surface area contributed by atoms with Crippen LogP contribution < -0.4 is 0 Å². The van der Waals surface area contributed by atoms with Gasteiger partial charge in [0.25, 0.3) is 0 Å². The summed E-state index contributed by atoms with van der Waals surface area (Å²) in [6.07, 6.45) is 9.28. The fraction of sp³-hybridized carbons (Fsp3) is 0. The molecule has 0 spiro atoms. The Hall–Kier alpha value is -6.78. The van der Waals surface area contributed by atoms with Gasteiger partial charge in [0.05, 0.1) is 16.7 Å². The molecule has 0 radical (unpaired) electrons. The van der Waals surface area contributed by atoms with Gasteiger partial charge in [0.2, 0.25) is 0 Å². The molecular weight excluding hydrogens is 609 g/mol. The Morgan fingerprint density at radius 2 is 0.880 bits per heavy atom. The van der Waals surface area contributed by atoms with Crippen molar-refractivity contribution in [2.45, 2.75) is 0 Å². The van der Waals surface area contributed by atoms with E-state index in [2.05, 4.69) is 137 Å². The zero-order valence-corrected chi connectivity index (χ0v) is 27.1. The lowest BCUT2D eigenvalue weighted by molar-refractivity contribution is 1.32. The van der Waals surface area contributed by atoms with Crippen LogP contribution in [0.2, 0.25) is 0 Å². The van der Waals surface area contributed by atoms with Gasteiger partial charge in [0.1, 0.15) is 0 Å². The van der Waals surface area contributed by atoms with Crippen LogP contribution in [-0.2, 0) is 0 Å². The molecule has 5 aromatic carbocycles. The maximum absolute atomic E-state index is 5.13. The summed E-state index contributed by atoms with van der Waals surface area (Å²) in [5.41, 5.74) is 15.2. The molecular formula is C46H30N4. The summed E-state index contributed by atoms with van der Waals surface area (Å²) in [6.45, 7) is 0. The van der Waals surface area contributed by atoms with Gasteiger partial charge in [0.15, 0.2) is 0 Å². The Labute approximate surface area is 290 Å². The van der Waals surface area contributed by atoms with Crippen LogP contribution in [-0.4, -0.2) is 19.9 Å². The third-order valence-corrected chi connectivity index (χ3v) is 9.29. The Morgan fingerprint density at radius 3 is 1.48 bits per heavy atom. The van der Waals surface area contributed by atoms with Crippen LogP contribution in [0.25, 0.3) is 88.7 Å². The Morgan fingerprint density at radius 1 is 0.340 bits per heavy atom. The summed E-state index contributed by atoms with van der Waals surface area (Å²) in [7, 11) is 0. The van der Waals surface area contributed by atoms with Crippen LogP contribution in [0.4, 0.5) is 0 Å². The molecule has 234 valence electrons. The summed E-state index contributed by atoms with van der Waals surface area (Å²) < 4.78 is 0. The van der Waals surface area contributed by atoms with Crippen molar-refractivity contribution in [3.63, 3.8) is 0 Å². The number of hydrogen-bond acceptors (Lipinski definition) is 4. The molecule has 0 unspecified atom stereocenters. The van der Waals surface area contributed by atoms with Crippen LogP contribution in [0.15, 0.2) is 183 Å². The number of rotatable bonds is 6. The third kappa shape index (κ3) is 5.59. The molecule has 0 aliphatic rings. The second kappa shape index (κ2) is 12.7. The maximum atomic E-state index is 5.13. The summed E-state index contributed by atoms with van der Waals surface area (Å²) in [4.78, 5) is 18.6. The van der Waals surface area contributed by atoms with Gasteiger partial charge < -0.3 is 0 Å². The SMILES string of the molecule is c1ccc(-c2cc(-c3ccc(-c4ccc(-c5cc(-c6cccnc6)cc(-c6cccnc6)c5)cc4)cc3)c3ccc4cccnc4c3n2)cc1. The van der Waals surface area contributed by atoms with Crippen molar-refractivity contribution in [1.82, 2.24) is 19.9 Å². The molecule has 9 aromatic rings. The molecule has 4 nitrogen and oxygen atoms in total. The van der Waals surface area contributed by atoms with Gasteiger partial charge in [-0.3, -0.25) is 15.0 Å². The second-order valence-corrected chi connectivity index (χ2v) is 12.4. The molecule has 50 heavy (non-hydrogen) atoms. The molecule has 0 aliphatic carbocycles. The van der Waals surface area contributed by atoms with Gasteiger partial charge >= 0.3 is 0 Å². The lowest BCUT2D eigenvalue weighted by Crippen LogP contribution is -1.92. The highest BCUT2D eigenvalue weighted by Gasteiger charge is 2.14. The summed E-state index contributed by atoms with van der Waals surface area (Å²) in [5.74, 6) is 0. The Balaban J connectivity index is 1.08. The maximum Gasteiger partial charge on any atom is 0.0978 e. The molecule has 0 atom stereocenters. The van der Waals surface area contributed by atoms with Crippen molar-refractivity contribution in [2.24, 2.45) is 0 Å². The van der Waals surface area contributed by atoms with Crippen LogP contribution in [0.1, 0.15) is 0 Å². The number of benzene rings is 5. The predicted molar refractivity (Wildman–Crippen MR) is 205 cm³/mol. The quantitative estimate of drug-likeness (QED) is 0.170. The van der Waals surface area contributed by atoms with Crippen molar-refractivity contribution >= 4 is 21.8 Å². The van der Waals surface area contributed by atoms with E-state index in [0.29, 0.717) is 0 Å². The topological polar surface area (TPSA) is 51.6 Å². The Kier molecular flexibility index (Phi) is 7.45. The molecule has 4 heteroatoms. The van der Waals surface area contributed by atoms with E-state index in [0.717, 1.165) is 88.7 Å². The lowest BCUT2D eigenvalue weighted by Gasteiger charge is -2.13. The van der Waals surface area contributed by atoms with Gasteiger partial charge in [-0.2, -0.15) is 0 Å². The number of aromatic nitrogens is 4. The minimum absolute atomic E-state index is 0.915. The number of hydrogen-bond donors (Lipinski definition) is 0. The van der Waals surface area contributed by atoms with E-state index in [4.69, 9.17) is 9.97 Å². The largest absolute Gasteiger partial charge is 0.264 e. The first-order valence-electron chi connectivity index (χ1n) is 16.7. The van der Waals surface area contributed by atoms with E-state index >= 15 is 0 Å². The fourth-order valence-electron chi connectivity index (χ4n) is 6.72. The van der Waals surface area contributed by atoms with Gasteiger partial charge in [-0.05, 0) is 87.0 Å². The van der Waals surface area contributed by atoms with Gasteiger partial charge in [-0.15, -0.1) is 0 Å². The highest BCUT2D eigenvalue weighted by atomic mass is 14.8. The van der Waals surface area contributed by atoms with Crippen LogP contribution in [0, 0.1) is 0 Å². The fourth-order valence-corrected chi connectivity index (χ4v) is 6.72. The zero-order chi connectivity index (χ0) is 33.3. The first-order chi connectivity index (χ1) is 24.8. The first-order valence-corrected chi connectivity index (χ1v) is 16.7. The average Bonchev–Trinajstić information content (AvgIpc) is 3.21. The van der Waals surface area contributed by atoms with E-state index < -0.39 is 0 Å². The van der Waals surface area contributed by atoms with E-state index in [1.165, 1.54) is 0 Å². The first kappa shape index (κ1) is 29.4. The average molecular weight is 639 g/mol. The van der Waals surface area contributed by atoms with E-state index in [1.807, 2.05) is 42.9 Å². The van der Waals surface area contributed by atoms with Crippen molar-refractivity contribution in [1.29, 1.82) is 0 Å². The van der Waals surface area contributed by atoms with Gasteiger partial charge in [0, 0.05) is 58.4 Å². The molecule has 0 saturated heterocycles. The molecule has 4 aromatic heterocycles. The lowest BCUT2D eigenvalue weighted by atomic mass is 9.93. The highest BCUT2D eigenvalue weighted by Crippen LogP contribution is 2.37. The molecule has 0 N–H and O–H groups in total. The predicted octanol–water partition coefficient (Wildman–Crippen LogP) is 11.6. The standard InChI is InChI=1S/C46H30N4/c1-2-7-35(8-3-1)44-28-43(42-21-20-36-9-6-24-49-45(36)46(42)50-44)34-18-16-32(17-19-34)31-12-14-33(15-13-31)39-25-40(37-10-4-22-47-29-37)27-41(26-39)38-11-5-23-48-30-38/h1-30H. The molecule has 0 aliphatic heterocycles. The number of pyridine rings is 4. The number of nitrogens with zero attached hydrogens (tertiary/aromatic N) is 4. The van der Waals surface area contributed by atoms with E-state index in [9.17, 15) is 0 Å². The summed E-state index contributed by atoms with van der Waals surface area (Å²) >= 11 is 0. The molecule has 0 amide bonds. The molecule has 9 rings (SSSR count). The molecule has 4 heterocycles. The highest BCUT2D eigenvalue weighted by molar-refractivity contribution is 6.09. The van der Waals surface area contributed by atoms with E-state index in [-0.39, 0.29) is 0 Å². The smallest absolute Gasteiger partial charge is 0.0978 e. The minimum Gasteiger partial charge on any atom is -0.264 e. The third-order valence-electron chi connectivity index (χ3n) is 9.29. The van der Waals surface area contributed by atoms with E-state index in [1.54, 1.807) is 12.4 Å². The van der Waals surface area contributed by atoms with Crippen LogP contribution in [0.3, 0.4) is 0 Å². The molecule has 0 bridgehead atoms. The monoisotopic (exact) mass is 638 g/mol. The zero-order valence-electron chi connectivity index (χ0n) is 27.1. The van der Waals surface area contributed by atoms with Crippen LogP contribution >= 0.6 is 0 Å².